The largest absolute Gasteiger partial charge is 0.370 e. The molecule has 0 bridgehead atoms. The van der Waals surface area contributed by atoms with Crippen molar-refractivity contribution >= 4 is 5.69 Å². The number of rotatable bonds is 3. The van der Waals surface area contributed by atoms with Crippen LogP contribution in [0.1, 0.15) is 38.9 Å². The van der Waals surface area contributed by atoms with Gasteiger partial charge in [-0.05, 0) is 37.3 Å². The first kappa shape index (κ1) is 12.4. The van der Waals surface area contributed by atoms with E-state index in [0.29, 0.717) is 0 Å². The molecule has 3 heteroatoms. The van der Waals surface area contributed by atoms with Crippen molar-refractivity contribution in [1.82, 2.24) is 4.98 Å². The van der Waals surface area contributed by atoms with Crippen molar-refractivity contribution in [1.29, 1.82) is 0 Å². The summed E-state index contributed by atoms with van der Waals surface area (Å²) < 4.78 is 0. The molecule has 17 heavy (non-hydrogen) atoms. The normalized spacial score (nSPS) is 22.2. The van der Waals surface area contributed by atoms with Gasteiger partial charge in [0, 0.05) is 19.1 Å². The summed E-state index contributed by atoms with van der Waals surface area (Å²) in [5, 5.41) is 0. The van der Waals surface area contributed by atoms with E-state index < -0.39 is 0 Å². The standard InChI is InChI=1S/C14H23N3/c1-10(2)12-6-7-17(9-12)13-4-5-14(11(3)15)16-8-13/h4-5,8,10-12H,6-7,9,15H2,1-3H3/t11-,12?/m0/s1. The third kappa shape index (κ3) is 2.78. The molecule has 0 amide bonds. The van der Waals surface area contributed by atoms with Crippen LogP contribution < -0.4 is 10.6 Å². The fourth-order valence-electron chi connectivity index (χ4n) is 2.42. The molecule has 1 aromatic heterocycles. The predicted molar refractivity (Wildman–Crippen MR) is 72.0 cm³/mol. The van der Waals surface area contributed by atoms with Crippen molar-refractivity contribution in [2.75, 3.05) is 18.0 Å². The summed E-state index contributed by atoms with van der Waals surface area (Å²) in [6.45, 7) is 8.91. The molecule has 2 heterocycles. The summed E-state index contributed by atoms with van der Waals surface area (Å²) in [5.74, 6) is 1.60. The van der Waals surface area contributed by atoms with E-state index in [2.05, 4.69) is 29.8 Å². The zero-order valence-corrected chi connectivity index (χ0v) is 11.1. The Morgan fingerprint density at radius 3 is 2.59 bits per heavy atom. The second kappa shape index (κ2) is 5.05. The molecule has 2 N–H and O–H groups in total. The lowest BCUT2D eigenvalue weighted by Gasteiger charge is -2.20. The Kier molecular flexibility index (Phi) is 3.67. The van der Waals surface area contributed by atoms with Gasteiger partial charge in [0.2, 0.25) is 0 Å². The van der Waals surface area contributed by atoms with E-state index in [1.165, 1.54) is 12.1 Å². The van der Waals surface area contributed by atoms with Gasteiger partial charge in [0.15, 0.2) is 0 Å². The summed E-state index contributed by atoms with van der Waals surface area (Å²) in [4.78, 5) is 6.86. The van der Waals surface area contributed by atoms with Crippen molar-refractivity contribution in [2.45, 2.75) is 33.2 Å². The molecule has 1 unspecified atom stereocenters. The number of aromatic nitrogens is 1. The van der Waals surface area contributed by atoms with Crippen LogP contribution in [0.2, 0.25) is 0 Å². The smallest absolute Gasteiger partial charge is 0.0569 e. The molecule has 1 aliphatic heterocycles. The van der Waals surface area contributed by atoms with E-state index in [0.717, 1.165) is 30.6 Å². The Bertz CT molecular complexity index is 356. The minimum atomic E-state index is 0.0195. The number of anilines is 1. The van der Waals surface area contributed by atoms with E-state index >= 15 is 0 Å². The van der Waals surface area contributed by atoms with E-state index in [4.69, 9.17) is 5.73 Å². The third-order valence-corrected chi connectivity index (χ3v) is 3.77. The Morgan fingerprint density at radius 1 is 1.35 bits per heavy atom. The highest BCUT2D eigenvalue weighted by Gasteiger charge is 2.25. The van der Waals surface area contributed by atoms with Crippen molar-refractivity contribution in [3.63, 3.8) is 0 Å². The first-order valence-electron chi connectivity index (χ1n) is 6.54. The molecule has 1 fully saturated rings. The Hall–Kier alpha value is -1.09. The maximum atomic E-state index is 5.80. The fraction of sp³-hybridized carbons (Fsp3) is 0.643. The zero-order chi connectivity index (χ0) is 12.4. The highest BCUT2D eigenvalue weighted by molar-refractivity contribution is 5.45. The molecule has 0 spiro atoms. The van der Waals surface area contributed by atoms with Crippen molar-refractivity contribution in [3.8, 4) is 0 Å². The predicted octanol–water partition coefficient (Wildman–Crippen LogP) is 2.58. The average molecular weight is 233 g/mol. The van der Waals surface area contributed by atoms with Gasteiger partial charge in [0.1, 0.15) is 0 Å². The Morgan fingerprint density at radius 2 is 2.12 bits per heavy atom. The molecule has 0 aromatic carbocycles. The van der Waals surface area contributed by atoms with Gasteiger partial charge in [-0.1, -0.05) is 13.8 Å². The Labute approximate surface area is 104 Å². The minimum absolute atomic E-state index is 0.0195. The van der Waals surface area contributed by atoms with Gasteiger partial charge in [-0.15, -0.1) is 0 Å². The molecule has 2 rings (SSSR count). The summed E-state index contributed by atoms with van der Waals surface area (Å²) in [6.07, 6.45) is 3.26. The summed E-state index contributed by atoms with van der Waals surface area (Å²) in [5.41, 5.74) is 8.00. The first-order chi connectivity index (χ1) is 8.08. The van der Waals surface area contributed by atoms with E-state index in [1.54, 1.807) is 0 Å². The first-order valence-corrected chi connectivity index (χ1v) is 6.54. The monoisotopic (exact) mass is 233 g/mol. The molecular weight excluding hydrogens is 210 g/mol. The van der Waals surface area contributed by atoms with Crippen LogP contribution in [0.3, 0.4) is 0 Å². The van der Waals surface area contributed by atoms with Gasteiger partial charge >= 0.3 is 0 Å². The van der Waals surface area contributed by atoms with E-state index in [9.17, 15) is 0 Å². The van der Waals surface area contributed by atoms with Gasteiger partial charge in [-0.2, -0.15) is 0 Å². The average Bonchev–Trinajstić information content (AvgIpc) is 2.78. The zero-order valence-electron chi connectivity index (χ0n) is 11.1. The van der Waals surface area contributed by atoms with Crippen molar-refractivity contribution in [2.24, 2.45) is 17.6 Å². The van der Waals surface area contributed by atoms with Crippen LogP contribution in [0.25, 0.3) is 0 Å². The second-order valence-electron chi connectivity index (χ2n) is 5.47. The molecule has 2 atom stereocenters. The maximum absolute atomic E-state index is 5.80. The summed E-state index contributed by atoms with van der Waals surface area (Å²) in [7, 11) is 0. The quantitative estimate of drug-likeness (QED) is 0.872. The van der Waals surface area contributed by atoms with Gasteiger partial charge in [0.05, 0.1) is 17.6 Å². The molecular formula is C14H23N3. The van der Waals surface area contributed by atoms with Crippen LogP contribution in [-0.4, -0.2) is 18.1 Å². The van der Waals surface area contributed by atoms with Gasteiger partial charge < -0.3 is 10.6 Å². The highest BCUT2D eigenvalue weighted by Crippen LogP contribution is 2.28. The van der Waals surface area contributed by atoms with Crippen molar-refractivity contribution < 1.29 is 0 Å². The molecule has 1 saturated heterocycles. The highest BCUT2D eigenvalue weighted by atomic mass is 15.2. The molecule has 1 aromatic rings. The van der Waals surface area contributed by atoms with E-state index in [1.807, 2.05) is 19.2 Å². The topological polar surface area (TPSA) is 42.1 Å². The fourth-order valence-corrected chi connectivity index (χ4v) is 2.42. The third-order valence-electron chi connectivity index (χ3n) is 3.77. The van der Waals surface area contributed by atoms with Gasteiger partial charge in [-0.3, -0.25) is 4.98 Å². The molecule has 0 aliphatic carbocycles. The molecule has 1 aliphatic rings. The maximum Gasteiger partial charge on any atom is 0.0569 e. The number of nitrogens with zero attached hydrogens (tertiary/aromatic N) is 2. The van der Waals surface area contributed by atoms with Gasteiger partial charge in [-0.25, -0.2) is 0 Å². The van der Waals surface area contributed by atoms with Gasteiger partial charge in [0.25, 0.3) is 0 Å². The number of hydrogen-bond acceptors (Lipinski definition) is 3. The van der Waals surface area contributed by atoms with Crippen molar-refractivity contribution in [3.05, 3.63) is 24.0 Å². The van der Waals surface area contributed by atoms with Crippen LogP contribution >= 0.6 is 0 Å². The number of pyridine rings is 1. The second-order valence-corrected chi connectivity index (χ2v) is 5.47. The van der Waals surface area contributed by atoms with Crippen LogP contribution in [0.4, 0.5) is 5.69 Å². The minimum Gasteiger partial charge on any atom is -0.370 e. The molecule has 94 valence electrons. The molecule has 0 radical (unpaired) electrons. The lowest BCUT2D eigenvalue weighted by Crippen LogP contribution is -2.21. The van der Waals surface area contributed by atoms with E-state index in [-0.39, 0.29) is 6.04 Å². The lowest BCUT2D eigenvalue weighted by atomic mass is 9.95. The number of nitrogens with two attached hydrogens (primary N) is 1. The Balaban J connectivity index is 2.04. The van der Waals surface area contributed by atoms with Crippen LogP contribution in [0, 0.1) is 11.8 Å². The lowest BCUT2D eigenvalue weighted by molar-refractivity contribution is 0.423. The summed E-state index contributed by atoms with van der Waals surface area (Å²) in [6, 6.07) is 4.21. The summed E-state index contributed by atoms with van der Waals surface area (Å²) >= 11 is 0. The van der Waals surface area contributed by atoms with Crippen LogP contribution in [-0.2, 0) is 0 Å². The SMILES string of the molecule is CC(C)C1CCN(c2ccc([C@H](C)N)nc2)C1. The van der Waals surface area contributed by atoms with Crippen LogP contribution in [0.5, 0.6) is 0 Å². The molecule has 0 saturated carbocycles. The number of hydrogen-bond donors (Lipinski definition) is 1. The van der Waals surface area contributed by atoms with Crippen LogP contribution in [0.15, 0.2) is 18.3 Å². The molecule has 3 nitrogen and oxygen atoms in total.